The fraction of sp³-hybridized carbons (Fsp3) is 0. The van der Waals surface area contributed by atoms with E-state index in [1.54, 1.807) is 0 Å². The zero-order valence-corrected chi connectivity index (χ0v) is 18.1. The van der Waals surface area contributed by atoms with Gasteiger partial charge in [0.2, 0.25) is 0 Å². The van der Waals surface area contributed by atoms with Crippen molar-refractivity contribution < 1.29 is 0 Å². The maximum absolute atomic E-state index is 3.65. The normalized spacial score (nSPS) is 13.2. The first-order valence-corrected chi connectivity index (χ1v) is 12.7. The maximum atomic E-state index is 3.65. The van der Waals surface area contributed by atoms with Gasteiger partial charge in [-0.15, -0.1) is 51.3 Å². The van der Waals surface area contributed by atoms with Crippen LogP contribution in [-0.2, 0) is 0 Å². The Morgan fingerprint density at radius 3 is 1.87 bits per heavy atom. The molecule has 0 radical (unpaired) electrons. The first kappa shape index (κ1) is 18.0. The Bertz CT molecular complexity index is 1400. The summed E-state index contributed by atoms with van der Waals surface area (Å²) < 4.78 is 0. The number of benzene rings is 4. The Labute approximate surface area is 183 Å². The number of fused-ring (bicyclic) bond motifs is 3. The zero-order chi connectivity index (χ0) is 20.7. The molecule has 0 spiro atoms. The first-order chi connectivity index (χ1) is 15.4. The van der Waals surface area contributed by atoms with E-state index in [9.17, 15) is 0 Å². The van der Waals surface area contributed by atoms with Crippen LogP contribution in [0.4, 0.5) is 0 Å². The average Bonchev–Trinajstić information content (AvgIpc) is 3.49. The molecule has 0 aromatic heterocycles. The molecule has 0 saturated carbocycles. The van der Waals surface area contributed by atoms with E-state index in [0.29, 0.717) is 0 Å². The van der Waals surface area contributed by atoms with Crippen LogP contribution in [0, 0.1) is 0 Å². The molecule has 0 aliphatic heterocycles. The van der Waals surface area contributed by atoms with Gasteiger partial charge in [0, 0.05) is 0 Å². The van der Waals surface area contributed by atoms with Crippen LogP contribution < -0.4 is 15.6 Å². The Morgan fingerprint density at radius 2 is 1.23 bits per heavy atom. The number of allylic oxidation sites excluding steroid dienone is 3. The average molecular weight is 410 g/mol. The molecule has 0 atom stereocenters. The predicted octanol–water partition coefficient (Wildman–Crippen LogP) is 5.37. The van der Waals surface area contributed by atoms with Crippen LogP contribution in [0.2, 0.25) is 0 Å². The summed E-state index contributed by atoms with van der Waals surface area (Å²) in [7, 11) is -2.58. The van der Waals surface area contributed by atoms with Crippen molar-refractivity contribution in [3.63, 3.8) is 0 Å². The molecule has 6 rings (SSSR count). The van der Waals surface area contributed by atoms with Crippen molar-refractivity contribution in [3.8, 4) is 0 Å². The summed E-state index contributed by atoms with van der Waals surface area (Å²) in [6.07, 6.45) is 6.48. The van der Waals surface area contributed by atoms with Crippen molar-refractivity contribution in [3.05, 3.63) is 138 Å². The molecule has 5 aromatic rings. The highest BCUT2D eigenvalue weighted by Crippen LogP contribution is 2.32. The highest BCUT2D eigenvalue weighted by Gasteiger charge is 2.43. The largest absolute Gasteiger partial charge is 0.174 e. The van der Waals surface area contributed by atoms with Crippen molar-refractivity contribution in [2.24, 2.45) is 0 Å². The maximum Gasteiger partial charge on any atom is 0.174 e. The van der Waals surface area contributed by atoms with Gasteiger partial charge in [-0.05, 0) is 21.6 Å². The molecule has 146 valence electrons. The number of hydrogen-bond acceptors (Lipinski definition) is 0. The molecule has 0 fully saturated rings. The topological polar surface area (TPSA) is 0 Å². The molecule has 0 bridgehead atoms. The van der Waals surface area contributed by atoms with Crippen LogP contribution in [0.5, 0.6) is 0 Å². The lowest BCUT2D eigenvalue weighted by molar-refractivity contribution is 1.69. The van der Waals surface area contributed by atoms with Gasteiger partial charge in [0.15, 0.2) is 8.07 Å². The lowest BCUT2D eigenvalue weighted by atomic mass is 10.2. The Hall–Kier alpha value is -3.77. The second kappa shape index (κ2) is 7.18. The summed E-state index contributed by atoms with van der Waals surface area (Å²) in [5, 5.41) is 11.0. The molecule has 1 aliphatic rings. The van der Waals surface area contributed by atoms with Crippen LogP contribution in [0.15, 0.2) is 138 Å². The van der Waals surface area contributed by atoms with Crippen LogP contribution in [0.25, 0.3) is 21.5 Å². The van der Waals surface area contributed by atoms with Crippen molar-refractivity contribution >= 4 is 45.2 Å². The fourth-order valence-corrected chi connectivity index (χ4v) is 10.3. The van der Waals surface area contributed by atoms with E-state index in [2.05, 4.69) is 133 Å². The van der Waals surface area contributed by atoms with Crippen molar-refractivity contribution in [2.75, 3.05) is 0 Å². The molecular weight excluding hydrogens is 388 g/mol. The van der Waals surface area contributed by atoms with E-state index in [1.807, 2.05) is 0 Å². The van der Waals surface area contributed by atoms with Gasteiger partial charge in [0.25, 0.3) is 0 Å². The summed E-state index contributed by atoms with van der Waals surface area (Å²) >= 11 is 0. The van der Waals surface area contributed by atoms with Gasteiger partial charge < -0.3 is 0 Å². The van der Waals surface area contributed by atoms with Crippen LogP contribution in [0.1, 0.15) is 0 Å². The molecule has 0 amide bonds. The number of rotatable bonds is 4. The van der Waals surface area contributed by atoms with E-state index in [0.717, 1.165) is 0 Å². The van der Waals surface area contributed by atoms with E-state index >= 15 is 0 Å². The summed E-state index contributed by atoms with van der Waals surface area (Å²) in [5.74, 6) is 0. The van der Waals surface area contributed by atoms with E-state index in [1.165, 1.54) is 42.3 Å². The smallest absolute Gasteiger partial charge is 0.129 e. The summed E-state index contributed by atoms with van der Waals surface area (Å²) in [4.78, 5) is 0. The lowest BCUT2D eigenvalue weighted by Gasteiger charge is -2.36. The summed E-state index contributed by atoms with van der Waals surface area (Å²) in [6.45, 7) is 0. The molecule has 5 aromatic carbocycles. The second-order valence-electron chi connectivity index (χ2n) is 8.03. The molecule has 0 N–H and O–H groups in total. The predicted molar refractivity (Wildman–Crippen MR) is 135 cm³/mol. The Kier molecular flexibility index (Phi) is 4.17. The van der Waals surface area contributed by atoms with E-state index < -0.39 is 8.07 Å². The van der Waals surface area contributed by atoms with Gasteiger partial charge >= 0.3 is 0 Å². The van der Waals surface area contributed by atoms with Gasteiger partial charge in [0.05, 0.1) is 0 Å². The van der Waals surface area contributed by atoms with Gasteiger partial charge in [-0.1, -0.05) is 102 Å². The minimum Gasteiger partial charge on any atom is -0.129 e. The van der Waals surface area contributed by atoms with Crippen LogP contribution >= 0.6 is 0 Å². The standard InChI is InChI=1S/C30H21Si/c1-3-13-23(14-4-1)31(25-17-7-8-18-25,24-15-5-2-6-16-24)30-28-21-11-9-19-26(28)27-20-10-12-22-29(27)30/h1-17,19-22H/q-1. The molecule has 0 nitrogen and oxygen atoms in total. The van der Waals surface area contributed by atoms with Gasteiger partial charge in [-0.3, -0.25) is 0 Å². The molecule has 1 heteroatoms. The van der Waals surface area contributed by atoms with Crippen LogP contribution in [0.3, 0.4) is 0 Å². The van der Waals surface area contributed by atoms with Gasteiger partial charge in [-0.25, -0.2) is 0 Å². The van der Waals surface area contributed by atoms with Gasteiger partial charge in [0.1, 0.15) is 0 Å². The Balaban J connectivity index is 1.89. The van der Waals surface area contributed by atoms with Crippen molar-refractivity contribution in [2.45, 2.75) is 0 Å². The third-order valence-electron chi connectivity index (χ3n) is 6.47. The monoisotopic (exact) mass is 409 g/mol. The molecule has 0 saturated heterocycles. The Morgan fingerprint density at radius 1 is 0.613 bits per heavy atom. The van der Waals surface area contributed by atoms with Crippen molar-refractivity contribution in [1.82, 2.24) is 0 Å². The SMILES string of the molecule is C1=CC=CC=1[Si](c1ccccc1)(c1ccccc1)c1c2ccccc2c2cccc[c-]12. The first-order valence-electron chi connectivity index (χ1n) is 10.7. The summed E-state index contributed by atoms with van der Waals surface area (Å²) in [5.41, 5.74) is 3.65. The third kappa shape index (κ3) is 2.58. The molecular formula is C30H21Si-. The number of hydrogen-bond donors (Lipinski definition) is 0. The summed E-state index contributed by atoms with van der Waals surface area (Å²) in [6, 6.07) is 40.0. The van der Waals surface area contributed by atoms with Crippen molar-refractivity contribution in [1.29, 1.82) is 0 Å². The fourth-order valence-electron chi connectivity index (χ4n) is 5.26. The third-order valence-corrected chi connectivity index (χ3v) is 11.3. The van der Waals surface area contributed by atoms with E-state index in [4.69, 9.17) is 0 Å². The highest BCUT2D eigenvalue weighted by molar-refractivity contribution is 7.18. The minimum atomic E-state index is -2.58. The molecule has 31 heavy (non-hydrogen) atoms. The van der Waals surface area contributed by atoms with Crippen LogP contribution in [-0.4, -0.2) is 8.07 Å². The molecule has 1 aliphatic carbocycles. The molecule has 0 heterocycles. The zero-order valence-electron chi connectivity index (χ0n) is 17.1. The molecule has 0 unspecified atom stereocenters. The lowest BCUT2D eigenvalue weighted by Crippen LogP contribution is -2.68. The minimum absolute atomic E-state index is 1.31. The second-order valence-corrected chi connectivity index (χ2v) is 11.7. The quantitative estimate of drug-likeness (QED) is 0.213. The highest BCUT2D eigenvalue weighted by atomic mass is 28.3. The van der Waals surface area contributed by atoms with E-state index in [-0.39, 0.29) is 0 Å². The van der Waals surface area contributed by atoms with Gasteiger partial charge in [-0.2, -0.15) is 0 Å².